The van der Waals surface area contributed by atoms with Crippen LogP contribution in [-0.2, 0) is 6.54 Å². The van der Waals surface area contributed by atoms with Crippen molar-refractivity contribution in [3.05, 3.63) is 52.9 Å². The Hall–Kier alpha value is -2.47. The fourth-order valence-electron chi connectivity index (χ4n) is 1.94. The molecule has 0 fully saturated rings. The second kappa shape index (κ2) is 5.49. The van der Waals surface area contributed by atoms with Crippen LogP contribution in [0.5, 0.6) is 0 Å². The van der Waals surface area contributed by atoms with Crippen LogP contribution in [0, 0.1) is 6.92 Å². The maximum absolute atomic E-state index is 12.1. The van der Waals surface area contributed by atoms with E-state index >= 15 is 0 Å². The minimum atomic E-state index is -0.342. The van der Waals surface area contributed by atoms with E-state index in [9.17, 15) is 4.79 Å². The molecule has 0 spiro atoms. The topological polar surface area (TPSA) is 80.9 Å². The van der Waals surface area contributed by atoms with Crippen molar-refractivity contribution < 1.29 is 9.32 Å². The van der Waals surface area contributed by atoms with Gasteiger partial charge < -0.3 is 9.84 Å². The first-order valence-corrected chi connectivity index (χ1v) is 6.64. The third kappa shape index (κ3) is 2.85. The van der Waals surface area contributed by atoms with Gasteiger partial charge in [-0.3, -0.25) is 4.79 Å². The highest BCUT2D eigenvalue weighted by Crippen LogP contribution is 2.22. The number of amides is 1. The summed E-state index contributed by atoms with van der Waals surface area (Å²) in [5.74, 6) is 0.518. The SMILES string of the molecule is Cc1nc(CNC(=O)c2cc3ccccc3c(Cl)n2)no1. The van der Waals surface area contributed by atoms with Crippen molar-refractivity contribution in [2.24, 2.45) is 0 Å². The molecule has 1 aromatic carbocycles. The van der Waals surface area contributed by atoms with Gasteiger partial charge in [-0.1, -0.05) is 41.0 Å². The summed E-state index contributed by atoms with van der Waals surface area (Å²) < 4.78 is 4.83. The van der Waals surface area contributed by atoms with Gasteiger partial charge in [-0.2, -0.15) is 4.98 Å². The Labute approximate surface area is 125 Å². The number of nitrogens with one attached hydrogen (secondary N) is 1. The van der Waals surface area contributed by atoms with Crippen molar-refractivity contribution in [2.45, 2.75) is 13.5 Å². The van der Waals surface area contributed by atoms with Crippen LogP contribution in [0.4, 0.5) is 0 Å². The van der Waals surface area contributed by atoms with E-state index in [4.69, 9.17) is 16.1 Å². The van der Waals surface area contributed by atoms with Crippen LogP contribution in [0.2, 0.25) is 5.15 Å². The van der Waals surface area contributed by atoms with Crippen LogP contribution in [0.25, 0.3) is 10.8 Å². The lowest BCUT2D eigenvalue weighted by atomic mass is 10.1. The average Bonchev–Trinajstić information content (AvgIpc) is 2.90. The number of fused-ring (bicyclic) bond motifs is 1. The first kappa shape index (κ1) is 13.5. The lowest BCUT2D eigenvalue weighted by Crippen LogP contribution is -2.24. The molecule has 0 aliphatic carbocycles. The van der Waals surface area contributed by atoms with Gasteiger partial charge in [0.05, 0.1) is 6.54 Å². The Morgan fingerprint density at radius 3 is 2.90 bits per heavy atom. The maximum atomic E-state index is 12.1. The van der Waals surface area contributed by atoms with Crippen molar-refractivity contribution in [3.8, 4) is 0 Å². The lowest BCUT2D eigenvalue weighted by molar-refractivity contribution is 0.0945. The second-order valence-electron chi connectivity index (χ2n) is 4.43. The van der Waals surface area contributed by atoms with Gasteiger partial charge in [0, 0.05) is 12.3 Å². The van der Waals surface area contributed by atoms with Crippen molar-refractivity contribution in [1.29, 1.82) is 0 Å². The smallest absolute Gasteiger partial charge is 0.270 e. The van der Waals surface area contributed by atoms with E-state index in [1.165, 1.54) is 0 Å². The summed E-state index contributed by atoms with van der Waals surface area (Å²) in [4.78, 5) is 20.2. The number of benzene rings is 1. The summed E-state index contributed by atoms with van der Waals surface area (Å²) in [5, 5.41) is 8.35. The molecule has 0 atom stereocenters. The molecular weight excluding hydrogens is 292 g/mol. The van der Waals surface area contributed by atoms with Crippen molar-refractivity contribution in [3.63, 3.8) is 0 Å². The molecule has 21 heavy (non-hydrogen) atoms. The molecular formula is C14H11ClN4O2. The number of halogens is 1. The van der Waals surface area contributed by atoms with Crippen LogP contribution in [0.15, 0.2) is 34.9 Å². The monoisotopic (exact) mass is 302 g/mol. The number of pyridine rings is 1. The largest absolute Gasteiger partial charge is 0.343 e. The Kier molecular flexibility index (Phi) is 3.53. The quantitative estimate of drug-likeness (QED) is 0.752. The van der Waals surface area contributed by atoms with Crippen LogP contribution < -0.4 is 5.32 Å². The minimum Gasteiger partial charge on any atom is -0.343 e. The van der Waals surface area contributed by atoms with Gasteiger partial charge in [-0.25, -0.2) is 4.98 Å². The van der Waals surface area contributed by atoms with E-state index in [1.54, 1.807) is 13.0 Å². The van der Waals surface area contributed by atoms with Gasteiger partial charge in [-0.15, -0.1) is 0 Å². The summed E-state index contributed by atoms with van der Waals surface area (Å²) in [6.07, 6.45) is 0. The number of rotatable bonds is 3. The molecule has 7 heteroatoms. The summed E-state index contributed by atoms with van der Waals surface area (Å²) in [6, 6.07) is 9.17. The predicted octanol–water partition coefficient (Wildman–Crippen LogP) is 2.51. The zero-order valence-corrected chi connectivity index (χ0v) is 11.9. The van der Waals surface area contributed by atoms with E-state index < -0.39 is 0 Å². The fourth-order valence-corrected chi connectivity index (χ4v) is 2.20. The van der Waals surface area contributed by atoms with Gasteiger partial charge in [0.2, 0.25) is 5.89 Å². The number of carbonyl (C=O) groups excluding carboxylic acids is 1. The summed E-state index contributed by atoms with van der Waals surface area (Å²) in [6.45, 7) is 1.85. The molecule has 6 nitrogen and oxygen atoms in total. The van der Waals surface area contributed by atoms with E-state index in [2.05, 4.69) is 20.4 Å². The normalized spacial score (nSPS) is 10.8. The third-order valence-electron chi connectivity index (χ3n) is 2.90. The minimum absolute atomic E-state index is 0.169. The number of hydrogen-bond donors (Lipinski definition) is 1. The molecule has 0 bridgehead atoms. The molecule has 3 rings (SSSR count). The van der Waals surface area contributed by atoms with Gasteiger partial charge in [0.25, 0.3) is 5.91 Å². The molecule has 2 heterocycles. The number of carbonyl (C=O) groups is 1. The zero-order valence-electron chi connectivity index (χ0n) is 11.1. The number of hydrogen-bond acceptors (Lipinski definition) is 5. The molecule has 2 aromatic heterocycles. The maximum Gasteiger partial charge on any atom is 0.270 e. The van der Waals surface area contributed by atoms with E-state index in [-0.39, 0.29) is 18.1 Å². The third-order valence-corrected chi connectivity index (χ3v) is 3.19. The Morgan fingerprint density at radius 2 is 2.14 bits per heavy atom. The molecule has 0 saturated carbocycles. The van der Waals surface area contributed by atoms with Crippen molar-refractivity contribution >= 4 is 28.3 Å². The van der Waals surface area contributed by atoms with E-state index in [1.807, 2.05) is 24.3 Å². The lowest BCUT2D eigenvalue weighted by Gasteiger charge is -2.05. The molecule has 3 aromatic rings. The van der Waals surface area contributed by atoms with E-state index in [0.717, 1.165) is 10.8 Å². The average molecular weight is 303 g/mol. The number of aromatic nitrogens is 3. The molecule has 106 valence electrons. The molecule has 0 saturated heterocycles. The molecule has 0 aliphatic rings. The van der Waals surface area contributed by atoms with Crippen molar-refractivity contribution in [1.82, 2.24) is 20.4 Å². The molecule has 0 aliphatic heterocycles. The Bertz CT molecular complexity index is 816. The van der Waals surface area contributed by atoms with Crippen LogP contribution in [0.1, 0.15) is 22.2 Å². The number of nitrogens with zero attached hydrogens (tertiary/aromatic N) is 3. The second-order valence-corrected chi connectivity index (χ2v) is 4.79. The summed E-state index contributed by atoms with van der Waals surface area (Å²) >= 11 is 6.10. The summed E-state index contributed by atoms with van der Waals surface area (Å²) in [5.41, 5.74) is 0.249. The molecule has 0 unspecified atom stereocenters. The van der Waals surface area contributed by atoms with Gasteiger partial charge in [0.1, 0.15) is 10.8 Å². The van der Waals surface area contributed by atoms with Gasteiger partial charge >= 0.3 is 0 Å². The standard InChI is InChI=1S/C14H11ClN4O2/c1-8-17-12(19-21-8)7-16-14(20)11-6-9-4-2-3-5-10(9)13(15)18-11/h2-6H,7H2,1H3,(H,16,20). The predicted molar refractivity (Wildman–Crippen MR) is 77.0 cm³/mol. The molecule has 0 radical (unpaired) electrons. The first-order valence-electron chi connectivity index (χ1n) is 6.26. The highest BCUT2D eigenvalue weighted by molar-refractivity contribution is 6.34. The molecule has 1 N–H and O–H groups in total. The van der Waals surface area contributed by atoms with E-state index in [0.29, 0.717) is 16.9 Å². The van der Waals surface area contributed by atoms with Crippen molar-refractivity contribution in [2.75, 3.05) is 0 Å². The first-order chi connectivity index (χ1) is 10.1. The Morgan fingerprint density at radius 1 is 1.33 bits per heavy atom. The fraction of sp³-hybridized carbons (Fsp3) is 0.143. The van der Waals surface area contributed by atoms with Gasteiger partial charge in [0.15, 0.2) is 5.82 Å². The van der Waals surface area contributed by atoms with Gasteiger partial charge in [-0.05, 0) is 11.5 Å². The highest BCUT2D eigenvalue weighted by atomic mass is 35.5. The summed E-state index contributed by atoms with van der Waals surface area (Å²) in [7, 11) is 0. The molecule has 1 amide bonds. The zero-order chi connectivity index (χ0) is 14.8. The number of aryl methyl sites for hydroxylation is 1. The van der Waals surface area contributed by atoms with Crippen LogP contribution >= 0.6 is 11.6 Å². The van der Waals surface area contributed by atoms with Crippen LogP contribution in [-0.4, -0.2) is 21.0 Å². The highest BCUT2D eigenvalue weighted by Gasteiger charge is 2.12. The Balaban J connectivity index is 1.81. The van der Waals surface area contributed by atoms with Crippen LogP contribution in [0.3, 0.4) is 0 Å².